The van der Waals surface area contributed by atoms with Crippen LogP contribution < -0.4 is 5.73 Å². The molecule has 2 aromatic rings. The van der Waals surface area contributed by atoms with E-state index < -0.39 is 0 Å². The van der Waals surface area contributed by atoms with Gasteiger partial charge in [0.25, 0.3) is 5.89 Å². The second kappa shape index (κ2) is 5.01. The third-order valence-electron chi connectivity index (χ3n) is 3.44. The molecule has 5 nitrogen and oxygen atoms in total. The third kappa shape index (κ3) is 2.61. The van der Waals surface area contributed by atoms with Crippen LogP contribution in [0.15, 0.2) is 22.7 Å². The summed E-state index contributed by atoms with van der Waals surface area (Å²) in [6.07, 6.45) is 1.89. The zero-order valence-electron chi connectivity index (χ0n) is 10.9. The molecule has 0 amide bonds. The summed E-state index contributed by atoms with van der Waals surface area (Å²) in [5.74, 6) is 1.83. The van der Waals surface area contributed by atoms with Crippen molar-refractivity contribution in [1.29, 1.82) is 0 Å². The fraction of sp³-hybridized carbons (Fsp3) is 0.429. The maximum atomic E-state index is 5.74. The van der Waals surface area contributed by atoms with Crippen molar-refractivity contribution < 1.29 is 9.26 Å². The monoisotopic (exact) mass is 259 g/mol. The molecule has 2 heterocycles. The summed E-state index contributed by atoms with van der Waals surface area (Å²) in [6.45, 7) is 3.62. The second-order valence-corrected chi connectivity index (χ2v) is 5.02. The van der Waals surface area contributed by atoms with Crippen molar-refractivity contribution in [3.63, 3.8) is 0 Å². The summed E-state index contributed by atoms with van der Waals surface area (Å²) in [4.78, 5) is 4.46. The van der Waals surface area contributed by atoms with Crippen LogP contribution in [0.25, 0.3) is 11.5 Å². The van der Waals surface area contributed by atoms with Gasteiger partial charge in [-0.3, -0.25) is 0 Å². The number of ether oxygens (including phenoxy) is 1. The summed E-state index contributed by atoms with van der Waals surface area (Å²) in [6, 6.07) is 5.67. The van der Waals surface area contributed by atoms with Crippen LogP contribution >= 0.6 is 0 Å². The molecule has 1 aromatic carbocycles. The van der Waals surface area contributed by atoms with E-state index in [0.29, 0.717) is 11.8 Å². The van der Waals surface area contributed by atoms with Crippen LogP contribution in [-0.4, -0.2) is 23.4 Å². The van der Waals surface area contributed by atoms with E-state index in [1.54, 1.807) is 0 Å². The number of hydrogen-bond acceptors (Lipinski definition) is 5. The average Bonchev–Trinajstić information content (AvgIpc) is 3.01. The topological polar surface area (TPSA) is 74.2 Å². The minimum atomic E-state index is 0.512. The highest BCUT2D eigenvalue weighted by Crippen LogP contribution is 2.24. The van der Waals surface area contributed by atoms with Gasteiger partial charge in [0.05, 0.1) is 0 Å². The Kier molecular flexibility index (Phi) is 3.21. The third-order valence-corrected chi connectivity index (χ3v) is 3.44. The lowest BCUT2D eigenvalue weighted by atomic mass is 10.1. The van der Waals surface area contributed by atoms with Crippen LogP contribution in [0, 0.1) is 12.8 Å². The molecule has 1 atom stereocenters. The maximum Gasteiger partial charge on any atom is 0.258 e. The highest BCUT2D eigenvalue weighted by atomic mass is 16.5. The first-order valence-electron chi connectivity index (χ1n) is 6.49. The Hall–Kier alpha value is -1.88. The van der Waals surface area contributed by atoms with Gasteiger partial charge >= 0.3 is 0 Å². The van der Waals surface area contributed by atoms with E-state index >= 15 is 0 Å². The molecule has 0 radical (unpaired) electrons. The fourth-order valence-corrected chi connectivity index (χ4v) is 2.38. The largest absolute Gasteiger partial charge is 0.399 e. The number of nitrogens with two attached hydrogens (primary N) is 1. The quantitative estimate of drug-likeness (QED) is 0.855. The van der Waals surface area contributed by atoms with Crippen molar-refractivity contribution in [2.75, 3.05) is 18.9 Å². The normalized spacial score (nSPS) is 18.9. The Morgan fingerprint density at radius 1 is 1.42 bits per heavy atom. The first-order chi connectivity index (χ1) is 9.22. The number of aromatic nitrogens is 2. The molecule has 0 aliphatic carbocycles. The van der Waals surface area contributed by atoms with E-state index in [4.69, 9.17) is 15.0 Å². The van der Waals surface area contributed by atoms with Gasteiger partial charge in [0.15, 0.2) is 5.82 Å². The van der Waals surface area contributed by atoms with Crippen molar-refractivity contribution in [2.45, 2.75) is 19.8 Å². The Labute approximate surface area is 111 Å². The molecule has 100 valence electrons. The van der Waals surface area contributed by atoms with Gasteiger partial charge in [-0.15, -0.1) is 0 Å². The zero-order chi connectivity index (χ0) is 13.2. The molecule has 1 aliphatic heterocycles. The first-order valence-corrected chi connectivity index (χ1v) is 6.49. The van der Waals surface area contributed by atoms with E-state index in [1.807, 2.05) is 25.1 Å². The smallest absolute Gasteiger partial charge is 0.258 e. The minimum absolute atomic E-state index is 0.512. The van der Waals surface area contributed by atoms with Gasteiger partial charge in [0.2, 0.25) is 0 Å². The van der Waals surface area contributed by atoms with E-state index in [-0.39, 0.29) is 0 Å². The van der Waals surface area contributed by atoms with Crippen molar-refractivity contribution in [3.8, 4) is 11.5 Å². The molecular weight excluding hydrogens is 242 g/mol. The van der Waals surface area contributed by atoms with Crippen LogP contribution in [0.5, 0.6) is 0 Å². The van der Waals surface area contributed by atoms with Crippen LogP contribution in [-0.2, 0) is 11.2 Å². The number of nitrogens with zero attached hydrogens (tertiary/aromatic N) is 2. The lowest BCUT2D eigenvalue weighted by molar-refractivity contribution is 0.185. The predicted octanol–water partition coefficient (Wildman–Crippen LogP) is 2.21. The molecule has 2 N–H and O–H groups in total. The van der Waals surface area contributed by atoms with Gasteiger partial charge < -0.3 is 15.0 Å². The molecule has 1 aromatic heterocycles. The van der Waals surface area contributed by atoms with Crippen molar-refractivity contribution in [3.05, 3.63) is 29.6 Å². The van der Waals surface area contributed by atoms with Gasteiger partial charge in [-0.05, 0) is 43.0 Å². The Morgan fingerprint density at radius 3 is 3.05 bits per heavy atom. The second-order valence-electron chi connectivity index (χ2n) is 5.02. The van der Waals surface area contributed by atoms with Crippen LogP contribution in [0.3, 0.4) is 0 Å². The predicted molar refractivity (Wildman–Crippen MR) is 71.5 cm³/mol. The average molecular weight is 259 g/mol. The number of nitrogen functional groups attached to an aromatic ring is 1. The Morgan fingerprint density at radius 2 is 2.32 bits per heavy atom. The maximum absolute atomic E-state index is 5.74. The molecule has 0 saturated carbocycles. The molecule has 1 fully saturated rings. The number of benzene rings is 1. The minimum Gasteiger partial charge on any atom is -0.399 e. The highest BCUT2D eigenvalue weighted by Gasteiger charge is 2.19. The standard InChI is InChI=1S/C14H17N3O2/c1-9-6-11(15)2-3-12(9)14-16-13(17-19-14)7-10-4-5-18-8-10/h2-3,6,10H,4-5,7-8,15H2,1H3. The van der Waals surface area contributed by atoms with Crippen LogP contribution in [0.4, 0.5) is 5.69 Å². The summed E-state index contributed by atoms with van der Waals surface area (Å²) in [5.41, 5.74) is 8.46. The van der Waals surface area contributed by atoms with Gasteiger partial charge in [0, 0.05) is 30.9 Å². The highest BCUT2D eigenvalue weighted by molar-refractivity contribution is 5.62. The fourth-order valence-electron chi connectivity index (χ4n) is 2.38. The van der Waals surface area contributed by atoms with Crippen molar-refractivity contribution in [1.82, 2.24) is 10.1 Å². The SMILES string of the molecule is Cc1cc(N)ccc1-c1nc(CC2CCOC2)no1. The number of anilines is 1. The first kappa shape index (κ1) is 12.2. The Bertz CT molecular complexity index is 574. The van der Waals surface area contributed by atoms with Gasteiger partial charge in [-0.2, -0.15) is 4.98 Å². The lowest BCUT2D eigenvalue weighted by Crippen LogP contribution is -2.04. The summed E-state index contributed by atoms with van der Waals surface area (Å²) in [7, 11) is 0. The zero-order valence-corrected chi connectivity index (χ0v) is 10.9. The van der Waals surface area contributed by atoms with Crippen LogP contribution in [0.1, 0.15) is 17.8 Å². The van der Waals surface area contributed by atoms with Crippen molar-refractivity contribution in [2.24, 2.45) is 5.92 Å². The summed E-state index contributed by atoms with van der Waals surface area (Å²) in [5, 5.41) is 4.05. The number of aryl methyl sites for hydroxylation is 1. The molecule has 0 bridgehead atoms. The number of rotatable bonds is 3. The molecule has 3 rings (SSSR count). The number of hydrogen-bond donors (Lipinski definition) is 1. The molecule has 5 heteroatoms. The molecule has 0 spiro atoms. The van der Waals surface area contributed by atoms with Gasteiger partial charge in [0.1, 0.15) is 0 Å². The van der Waals surface area contributed by atoms with E-state index in [2.05, 4.69) is 10.1 Å². The Balaban J connectivity index is 1.80. The van der Waals surface area contributed by atoms with Gasteiger partial charge in [-0.1, -0.05) is 5.16 Å². The molecule has 19 heavy (non-hydrogen) atoms. The van der Waals surface area contributed by atoms with Crippen molar-refractivity contribution >= 4 is 5.69 Å². The molecule has 1 unspecified atom stereocenters. The summed E-state index contributed by atoms with van der Waals surface area (Å²) >= 11 is 0. The molecule has 1 saturated heterocycles. The van der Waals surface area contributed by atoms with Gasteiger partial charge in [-0.25, -0.2) is 0 Å². The summed E-state index contributed by atoms with van der Waals surface area (Å²) < 4.78 is 10.7. The lowest BCUT2D eigenvalue weighted by Gasteiger charge is -2.02. The molecular formula is C14H17N3O2. The van der Waals surface area contributed by atoms with E-state index in [1.165, 1.54) is 0 Å². The van der Waals surface area contributed by atoms with E-state index in [0.717, 1.165) is 48.7 Å². The van der Waals surface area contributed by atoms with Crippen LogP contribution in [0.2, 0.25) is 0 Å². The molecule has 1 aliphatic rings. The van der Waals surface area contributed by atoms with E-state index in [9.17, 15) is 0 Å².